The number of hydrogen-bond acceptors (Lipinski definition) is 6. The molecule has 0 amide bonds. The number of anilines is 1. The molecule has 21 heavy (non-hydrogen) atoms. The van der Waals surface area contributed by atoms with Gasteiger partial charge in [0, 0.05) is 26.0 Å². The van der Waals surface area contributed by atoms with Crippen molar-refractivity contribution in [2.75, 3.05) is 31.7 Å². The molecule has 7 nitrogen and oxygen atoms in total. The van der Waals surface area contributed by atoms with Crippen molar-refractivity contribution >= 4 is 26.6 Å². The van der Waals surface area contributed by atoms with Gasteiger partial charge in [-0.15, -0.1) is 10.2 Å². The first kappa shape index (κ1) is 15.2. The molecule has 110 valence electrons. The smallest absolute Gasteiger partial charge is 0.215 e. The van der Waals surface area contributed by atoms with Crippen LogP contribution in [0, 0.1) is 11.3 Å². The van der Waals surface area contributed by atoms with Crippen molar-refractivity contribution in [2.24, 2.45) is 0 Å². The molecule has 0 saturated carbocycles. The lowest BCUT2D eigenvalue weighted by Gasteiger charge is -2.13. The number of rotatable bonds is 5. The second-order valence-corrected chi connectivity index (χ2v) is 6.88. The maximum absolute atomic E-state index is 11.7. The standard InChI is InChI=1S/C13H15N5O2S/c1-18(2)21(19,20)8-7-15-13-10-5-3-4-6-11(10)16-17-12(13)9-14/h3-6H,7-8H2,1-2H3,(H,15,16). The summed E-state index contributed by atoms with van der Waals surface area (Å²) >= 11 is 0. The summed E-state index contributed by atoms with van der Waals surface area (Å²) < 4.78 is 24.6. The van der Waals surface area contributed by atoms with Crippen LogP contribution in [0.2, 0.25) is 0 Å². The van der Waals surface area contributed by atoms with Gasteiger partial charge in [-0.05, 0) is 6.07 Å². The molecular weight excluding hydrogens is 290 g/mol. The molecule has 2 aromatic rings. The van der Waals surface area contributed by atoms with Crippen molar-refractivity contribution in [3.63, 3.8) is 0 Å². The maximum Gasteiger partial charge on any atom is 0.215 e. The van der Waals surface area contributed by atoms with Gasteiger partial charge in [0.2, 0.25) is 10.0 Å². The van der Waals surface area contributed by atoms with E-state index in [-0.39, 0.29) is 18.0 Å². The third-order valence-corrected chi connectivity index (χ3v) is 4.82. The lowest BCUT2D eigenvalue weighted by atomic mass is 10.1. The quantitative estimate of drug-likeness (QED) is 0.877. The van der Waals surface area contributed by atoms with Crippen molar-refractivity contribution in [1.29, 1.82) is 5.26 Å². The maximum atomic E-state index is 11.7. The van der Waals surface area contributed by atoms with E-state index in [4.69, 9.17) is 5.26 Å². The van der Waals surface area contributed by atoms with Gasteiger partial charge >= 0.3 is 0 Å². The van der Waals surface area contributed by atoms with Crippen LogP contribution in [-0.4, -0.2) is 49.3 Å². The van der Waals surface area contributed by atoms with Crippen LogP contribution < -0.4 is 5.32 Å². The van der Waals surface area contributed by atoms with Crippen molar-refractivity contribution in [2.45, 2.75) is 0 Å². The summed E-state index contributed by atoms with van der Waals surface area (Å²) in [5.74, 6) is -0.0679. The zero-order chi connectivity index (χ0) is 15.5. The number of nitrogens with one attached hydrogen (secondary N) is 1. The Balaban J connectivity index is 2.28. The summed E-state index contributed by atoms with van der Waals surface area (Å²) in [5.41, 5.74) is 1.31. The van der Waals surface area contributed by atoms with E-state index < -0.39 is 10.0 Å². The van der Waals surface area contributed by atoms with Gasteiger partial charge in [-0.2, -0.15) is 5.26 Å². The largest absolute Gasteiger partial charge is 0.381 e. The van der Waals surface area contributed by atoms with Crippen LogP contribution in [0.25, 0.3) is 10.9 Å². The van der Waals surface area contributed by atoms with Gasteiger partial charge in [0.25, 0.3) is 0 Å². The third-order valence-electron chi connectivity index (χ3n) is 2.99. The Labute approximate surface area is 123 Å². The molecule has 0 spiro atoms. The summed E-state index contributed by atoms with van der Waals surface area (Å²) in [6.07, 6.45) is 0. The molecule has 1 aromatic carbocycles. The molecule has 0 aliphatic rings. The molecule has 2 rings (SSSR count). The summed E-state index contributed by atoms with van der Waals surface area (Å²) in [6, 6.07) is 9.21. The van der Waals surface area contributed by atoms with Crippen LogP contribution in [0.5, 0.6) is 0 Å². The summed E-state index contributed by atoms with van der Waals surface area (Å²) in [5, 5.41) is 20.6. The Morgan fingerprint density at radius 3 is 2.67 bits per heavy atom. The van der Waals surface area contributed by atoms with E-state index in [1.165, 1.54) is 18.4 Å². The SMILES string of the molecule is CN(C)S(=O)(=O)CCNc1c(C#N)nnc2ccccc12. The normalized spacial score (nSPS) is 11.5. The fourth-order valence-electron chi connectivity index (χ4n) is 1.80. The molecule has 0 aliphatic carbocycles. The minimum Gasteiger partial charge on any atom is -0.381 e. The Morgan fingerprint density at radius 1 is 1.29 bits per heavy atom. The minimum absolute atomic E-state index is 0.0679. The minimum atomic E-state index is -3.29. The topological polar surface area (TPSA) is 99.0 Å². The van der Waals surface area contributed by atoms with E-state index in [0.717, 1.165) is 5.39 Å². The zero-order valence-electron chi connectivity index (χ0n) is 11.7. The summed E-state index contributed by atoms with van der Waals surface area (Å²) in [4.78, 5) is 0. The first-order valence-corrected chi connectivity index (χ1v) is 7.86. The van der Waals surface area contributed by atoms with E-state index >= 15 is 0 Å². The Morgan fingerprint density at radius 2 is 2.00 bits per heavy atom. The van der Waals surface area contributed by atoms with Crippen LogP contribution in [0.4, 0.5) is 5.69 Å². The highest BCUT2D eigenvalue weighted by Crippen LogP contribution is 2.23. The number of hydrogen-bond donors (Lipinski definition) is 1. The van der Waals surface area contributed by atoms with Crippen LogP contribution in [-0.2, 0) is 10.0 Å². The van der Waals surface area contributed by atoms with Crippen molar-refractivity contribution < 1.29 is 8.42 Å². The third kappa shape index (κ3) is 3.26. The van der Waals surface area contributed by atoms with Crippen LogP contribution in [0.1, 0.15) is 5.69 Å². The number of fused-ring (bicyclic) bond motifs is 1. The average molecular weight is 305 g/mol. The summed E-state index contributed by atoms with van der Waals surface area (Å²) in [7, 11) is -0.318. The Bertz CT molecular complexity index is 796. The van der Waals surface area contributed by atoms with Crippen LogP contribution in [0.3, 0.4) is 0 Å². The van der Waals surface area contributed by atoms with Gasteiger partial charge in [-0.1, -0.05) is 18.2 Å². The highest BCUT2D eigenvalue weighted by Gasteiger charge is 2.15. The number of aromatic nitrogens is 2. The highest BCUT2D eigenvalue weighted by atomic mass is 32.2. The zero-order valence-corrected chi connectivity index (χ0v) is 12.6. The van der Waals surface area contributed by atoms with Crippen molar-refractivity contribution in [3.05, 3.63) is 30.0 Å². The van der Waals surface area contributed by atoms with E-state index in [1.54, 1.807) is 6.07 Å². The fraction of sp³-hybridized carbons (Fsp3) is 0.308. The highest BCUT2D eigenvalue weighted by molar-refractivity contribution is 7.89. The molecule has 0 atom stereocenters. The second-order valence-electron chi connectivity index (χ2n) is 4.58. The van der Waals surface area contributed by atoms with Crippen LogP contribution >= 0.6 is 0 Å². The Kier molecular flexibility index (Phi) is 4.35. The number of nitrogens with zero attached hydrogens (tertiary/aromatic N) is 4. The Hall–Kier alpha value is -2.24. The van der Waals surface area contributed by atoms with Crippen LogP contribution in [0.15, 0.2) is 24.3 Å². The van der Waals surface area contributed by atoms with E-state index in [2.05, 4.69) is 15.5 Å². The molecule has 0 fully saturated rings. The predicted octanol–water partition coefficient (Wildman–Crippen LogP) is 0.805. The average Bonchev–Trinajstić information content (AvgIpc) is 2.47. The first-order valence-electron chi connectivity index (χ1n) is 6.25. The monoisotopic (exact) mass is 305 g/mol. The number of nitriles is 1. The van der Waals surface area contributed by atoms with Gasteiger partial charge in [0.05, 0.1) is 17.0 Å². The van der Waals surface area contributed by atoms with E-state index in [1.807, 2.05) is 24.3 Å². The molecule has 1 heterocycles. The first-order chi connectivity index (χ1) is 9.95. The molecule has 0 saturated heterocycles. The molecule has 0 unspecified atom stereocenters. The van der Waals surface area contributed by atoms with Gasteiger partial charge < -0.3 is 5.32 Å². The molecular formula is C13H15N5O2S. The molecule has 8 heteroatoms. The molecule has 0 bridgehead atoms. The van der Waals surface area contributed by atoms with Crippen molar-refractivity contribution in [3.8, 4) is 6.07 Å². The lowest BCUT2D eigenvalue weighted by molar-refractivity contribution is 0.521. The molecule has 1 N–H and O–H groups in total. The van der Waals surface area contributed by atoms with Gasteiger partial charge in [-0.25, -0.2) is 12.7 Å². The summed E-state index contributed by atoms with van der Waals surface area (Å²) in [6.45, 7) is 0.185. The second kappa shape index (κ2) is 6.03. The molecule has 0 radical (unpaired) electrons. The van der Waals surface area contributed by atoms with E-state index in [9.17, 15) is 8.42 Å². The fourth-order valence-corrected chi connectivity index (χ4v) is 2.52. The molecule has 1 aromatic heterocycles. The molecule has 0 aliphatic heterocycles. The van der Waals surface area contributed by atoms with Crippen molar-refractivity contribution in [1.82, 2.24) is 14.5 Å². The predicted molar refractivity (Wildman–Crippen MR) is 80.2 cm³/mol. The van der Waals surface area contributed by atoms with E-state index in [0.29, 0.717) is 11.2 Å². The lowest BCUT2D eigenvalue weighted by Crippen LogP contribution is -2.28. The van der Waals surface area contributed by atoms with Gasteiger partial charge in [-0.3, -0.25) is 0 Å². The number of benzene rings is 1. The van der Waals surface area contributed by atoms with Gasteiger partial charge in [0.15, 0.2) is 5.69 Å². The van der Waals surface area contributed by atoms with Gasteiger partial charge in [0.1, 0.15) is 6.07 Å². The number of sulfonamides is 1.